The van der Waals surface area contributed by atoms with Gasteiger partial charge < -0.3 is 11.3 Å². The van der Waals surface area contributed by atoms with E-state index in [4.69, 9.17) is 5.11 Å². The van der Waals surface area contributed by atoms with Crippen LogP contribution in [-0.4, -0.2) is 11.2 Å². The van der Waals surface area contributed by atoms with Gasteiger partial charge in [0.15, 0.2) is 0 Å². The molecule has 6 heavy (non-hydrogen) atoms. The lowest BCUT2D eigenvalue weighted by atomic mass is 10.9. The molecule has 0 unspecified atom stereocenters. The highest BCUT2D eigenvalue weighted by Gasteiger charge is 2.15. The van der Waals surface area contributed by atoms with Crippen LogP contribution in [-0.2, 0) is 0 Å². The summed E-state index contributed by atoms with van der Waals surface area (Å²) in [6.45, 7) is 0. The van der Waals surface area contributed by atoms with Gasteiger partial charge in [-0.1, -0.05) is 0 Å². The zero-order valence-electron chi connectivity index (χ0n) is 3.55. The van der Waals surface area contributed by atoms with Gasteiger partial charge in [-0.3, -0.25) is 0 Å². The maximum Gasteiger partial charge on any atom is 0.0542 e. The van der Waals surface area contributed by atoms with Gasteiger partial charge in [0.25, 0.3) is 0 Å². The fourth-order valence-corrected chi connectivity index (χ4v) is 0.0745. The Balaban J connectivity index is 0. The molecule has 1 saturated carbocycles. The van der Waals surface area contributed by atoms with E-state index in [1.807, 2.05) is 0 Å². The molecule has 0 amide bonds. The van der Waals surface area contributed by atoms with E-state index in [9.17, 15) is 0 Å². The van der Waals surface area contributed by atoms with Crippen LogP contribution in [0.25, 0.3) is 0 Å². The molecule has 1 aliphatic rings. The predicted molar refractivity (Wildman–Crippen MR) is 27.5 cm³/mol. The molecule has 4 N–H and O–H groups in total. The molecular weight excluding hydrogens is 101 g/mol. The maximum atomic E-state index is 8.17. The summed E-state index contributed by atoms with van der Waals surface area (Å²) in [4.78, 5) is 0. The Morgan fingerprint density at radius 1 is 1.33 bits per heavy atom. The largest absolute Gasteiger partial charge is 0.393 e. The highest BCUT2D eigenvalue weighted by atomic mass is 35.5. The maximum absolute atomic E-state index is 8.17. The number of aliphatic hydroxyl groups is 1. The molecule has 2 nitrogen and oxygen atoms in total. The molecule has 3 heteroatoms. The van der Waals surface area contributed by atoms with Gasteiger partial charge in [0.1, 0.15) is 0 Å². The van der Waals surface area contributed by atoms with E-state index >= 15 is 0 Å². The molecule has 0 aromatic carbocycles. The van der Waals surface area contributed by atoms with Crippen molar-refractivity contribution in [3.05, 3.63) is 0 Å². The smallest absolute Gasteiger partial charge is 0.0542 e. The van der Waals surface area contributed by atoms with Crippen molar-refractivity contribution in [3.8, 4) is 0 Å². The third-order valence-corrected chi connectivity index (χ3v) is 0.547. The molecular formula is C3H10ClNO. The second-order valence-electron chi connectivity index (χ2n) is 1.23. The van der Waals surface area contributed by atoms with Gasteiger partial charge >= 0.3 is 0 Å². The standard InChI is InChI=1S/C3H6O.ClH.H3N/c4-3-1-2-3;;/h3-4H,1-2H2;1H;1H3. The van der Waals surface area contributed by atoms with E-state index in [1.165, 1.54) is 0 Å². The summed E-state index contributed by atoms with van der Waals surface area (Å²) in [6.07, 6.45) is 2.17. The van der Waals surface area contributed by atoms with Gasteiger partial charge in [0.05, 0.1) is 6.10 Å². The summed E-state index contributed by atoms with van der Waals surface area (Å²) >= 11 is 0. The normalized spacial score (nSPS) is 17.5. The molecule has 0 heterocycles. The fourth-order valence-electron chi connectivity index (χ4n) is 0.0745. The number of rotatable bonds is 0. The molecule has 0 aromatic rings. The lowest BCUT2D eigenvalue weighted by Gasteiger charge is -1.57. The van der Waals surface area contributed by atoms with Crippen molar-refractivity contribution in [1.82, 2.24) is 6.15 Å². The van der Waals surface area contributed by atoms with Crippen LogP contribution in [0.15, 0.2) is 0 Å². The third-order valence-electron chi connectivity index (χ3n) is 0.547. The van der Waals surface area contributed by atoms with Crippen LogP contribution in [0, 0.1) is 0 Å². The highest BCUT2D eigenvalue weighted by molar-refractivity contribution is 5.85. The van der Waals surface area contributed by atoms with Crippen LogP contribution in [0.2, 0.25) is 0 Å². The fraction of sp³-hybridized carbons (Fsp3) is 1.00. The molecule has 1 rings (SSSR count). The average Bonchev–Trinajstić information content (AvgIpc) is 1.75. The van der Waals surface area contributed by atoms with Crippen LogP contribution in [0.5, 0.6) is 0 Å². The van der Waals surface area contributed by atoms with E-state index in [-0.39, 0.29) is 24.7 Å². The Morgan fingerprint density at radius 3 is 1.50 bits per heavy atom. The van der Waals surface area contributed by atoms with Crippen molar-refractivity contribution in [2.45, 2.75) is 18.9 Å². The van der Waals surface area contributed by atoms with Crippen LogP contribution in [0.3, 0.4) is 0 Å². The number of aliphatic hydroxyl groups excluding tert-OH is 1. The van der Waals surface area contributed by atoms with E-state index in [0.717, 1.165) is 12.8 Å². The second-order valence-corrected chi connectivity index (χ2v) is 1.23. The van der Waals surface area contributed by atoms with Crippen molar-refractivity contribution in [3.63, 3.8) is 0 Å². The summed E-state index contributed by atoms with van der Waals surface area (Å²) in [5.74, 6) is 0. The first-order valence-electron chi connectivity index (χ1n) is 1.57. The quantitative estimate of drug-likeness (QED) is 0.484. The van der Waals surface area contributed by atoms with Crippen molar-refractivity contribution < 1.29 is 5.11 Å². The Kier molecular flexibility index (Phi) is 5.39. The molecule has 1 aliphatic carbocycles. The molecule has 0 atom stereocenters. The molecule has 0 saturated heterocycles. The van der Waals surface area contributed by atoms with Crippen LogP contribution >= 0.6 is 12.4 Å². The minimum atomic E-state index is 0. The predicted octanol–water partition coefficient (Wildman–Crippen LogP) is 0.725. The van der Waals surface area contributed by atoms with Crippen LogP contribution in [0.1, 0.15) is 12.8 Å². The molecule has 0 bridgehead atoms. The lowest BCUT2D eigenvalue weighted by molar-refractivity contribution is 0.279. The molecule has 40 valence electrons. The van der Waals surface area contributed by atoms with E-state index in [1.54, 1.807) is 0 Å². The van der Waals surface area contributed by atoms with Gasteiger partial charge in [-0.05, 0) is 12.8 Å². The summed E-state index contributed by atoms with van der Waals surface area (Å²) in [6, 6.07) is 0. The monoisotopic (exact) mass is 111 g/mol. The van der Waals surface area contributed by atoms with Crippen LogP contribution < -0.4 is 6.15 Å². The first-order valence-corrected chi connectivity index (χ1v) is 1.57. The minimum Gasteiger partial charge on any atom is -0.393 e. The Bertz CT molecular complexity index is 30.0. The van der Waals surface area contributed by atoms with Gasteiger partial charge in [-0.25, -0.2) is 0 Å². The van der Waals surface area contributed by atoms with Gasteiger partial charge in [-0.2, -0.15) is 0 Å². The number of hydrogen-bond acceptors (Lipinski definition) is 2. The van der Waals surface area contributed by atoms with Gasteiger partial charge in [0.2, 0.25) is 0 Å². The van der Waals surface area contributed by atoms with Crippen LogP contribution in [0.4, 0.5) is 0 Å². The van der Waals surface area contributed by atoms with Crippen molar-refractivity contribution in [2.24, 2.45) is 0 Å². The topological polar surface area (TPSA) is 55.2 Å². The highest BCUT2D eigenvalue weighted by Crippen LogP contribution is 2.16. The van der Waals surface area contributed by atoms with Crippen molar-refractivity contribution >= 4 is 12.4 Å². The molecule has 0 aromatic heterocycles. The zero-order valence-corrected chi connectivity index (χ0v) is 4.37. The summed E-state index contributed by atoms with van der Waals surface area (Å²) in [5.41, 5.74) is 0. The van der Waals surface area contributed by atoms with E-state index in [2.05, 4.69) is 0 Å². The second kappa shape index (κ2) is 3.40. The van der Waals surface area contributed by atoms with Gasteiger partial charge in [0, 0.05) is 0 Å². The average molecular weight is 112 g/mol. The third kappa shape index (κ3) is 4.21. The zero-order chi connectivity index (χ0) is 2.99. The first kappa shape index (κ1) is 9.51. The lowest BCUT2D eigenvalue weighted by Crippen LogP contribution is -1.65. The summed E-state index contributed by atoms with van der Waals surface area (Å²) < 4.78 is 0. The molecule has 0 aliphatic heterocycles. The SMILES string of the molecule is Cl.N.OC1CC1. The summed E-state index contributed by atoms with van der Waals surface area (Å²) in [7, 11) is 0. The Hall–Kier alpha value is 0.210. The van der Waals surface area contributed by atoms with E-state index in [0.29, 0.717) is 0 Å². The van der Waals surface area contributed by atoms with Crippen molar-refractivity contribution in [1.29, 1.82) is 0 Å². The molecule has 0 radical (unpaired) electrons. The van der Waals surface area contributed by atoms with E-state index < -0.39 is 0 Å². The molecule has 0 spiro atoms. The van der Waals surface area contributed by atoms with Gasteiger partial charge in [-0.15, -0.1) is 12.4 Å². The first-order chi connectivity index (χ1) is 1.89. The minimum absolute atomic E-state index is 0. The Labute approximate surface area is 43.5 Å². The number of hydrogen-bond donors (Lipinski definition) is 2. The summed E-state index contributed by atoms with van der Waals surface area (Å²) in [5, 5.41) is 8.17. The van der Waals surface area contributed by atoms with Crippen molar-refractivity contribution in [2.75, 3.05) is 0 Å². The Morgan fingerprint density at radius 2 is 1.50 bits per heavy atom. The molecule has 1 fully saturated rings. The number of halogens is 1.